The van der Waals surface area contributed by atoms with Gasteiger partial charge < -0.3 is 20.5 Å². The van der Waals surface area contributed by atoms with Gasteiger partial charge in [-0.25, -0.2) is 4.79 Å². The van der Waals surface area contributed by atoms with E-state index in [1.807, 2.05) is 32.0 Å². The predicted octanol–water partition coefficient (Wildman–Crippen LogP) is 1.06. The quantitative estimate of drug-likeness (QED) is 0.664. The van der Waals surface area contributed by atoms with Gasteiger partial charge in [0.1, 0.15) is 0 Å². The van der Waals surface area contributed by atoms with E-state index >= 15 is 0 Å². The molecule has 23 heavy (non-hydrogen) atoms. The first kappa shape index (κ1) is 18.8. The van der Waals surface area contributed by atoms with Gasteiger partial charge >= 0.3 is 6.03 Å². The fraction of sp³-hybridized carbons (Fsp3) is 0.500. The average molecular weight is 323 g/mol. The van der Waals surface area contributed by atoms with Crippen LogP contribution in [0.1, 0.15) is 19.4 Å². The van der Waals surface area contributed by atoms with E-state index in [0.717, 1.165) is 5.56 Å². The van der Waals surface area contributed by atoms with Gasteiger partial charge in [0.05, 0.1) is 20.3 Å². The lowest BCUT2D eigenvalue weighted by Gasteiger charge is -2.21. The number of hydrogen-bond acceptors (Lipinski definition) is 5. The molecular formula is C16H25N3O4. The number of imide groups is 1. The lowest BCUT2D eigenvalue weighted by Crippen LogP contribution is -2.50. The lowest BCUT2D eigenvalue weighted by atomic mass is 10.0. The highest BCUT2D eigenvalue weighted by molar-refractivity contribution is 5.96. The van der Waals surface area contributed by atoms with Crippen LogP contribution < -0.4 is 25.8 Å². The Morgan fingerprint density at radius 2 is 1.83 bits per heavy atom. The highest BCUT2D eigenvalue weighted by atomic mass is 16.5. The molecule has 0 fully saturated rings. The third-order valence-electron chi connectivity index (χ3n) is 3.42. The molecule has 0 aliphatic carbocycles. The minimum absolute atomic E-state index is 0.0275. The Hall–Kier alpha value is -2.28. The topological polar surface area (TPSA) is 103 Å². The molecule has 0 bridgehead atoms. The molecule has 4 N–H and O–H groups in total. The average Bonchev–Trinajstić information content (AvgIpc) is 2.49. The number of hydrogen-bond donors (Lipinski definition) is 3. The maximum absolute atomic E-state index is 11.9. The summed E-state index contributed by atoms with van der Waals surface area (Å²) in [7, 11) is 3.17. The molecule has 128 valence electrons. The fourth-order valence-electron chi connectivity index (χ4n) is 2.24. The smallest absolute Gasteiger partial charge is 0.318 e. The number of urea groups is 1. The summed E-state index contributed by atoms with van der Waals surface area (Å²) in [5, 5.41) is 5.25. The summed E-state index contributed by atoms with van der Waals surface area (Å²) in [6.45, 7) is 4.37. The second-order valence-corrected chi connectivity index (χ2v) is 5.47. The number of methoxy groups -OCH3 is 2. The van der Waals surface area contributed by atoms with Crippen molar-refractivity contribution in [3.05, 3.63) is 23.8 Å². The van der Waals surface area contributed by atoms with Gasteiger partial charge in [-0.05, 0) is 36.6 Å². The maximum atomic E-state index is 11.9. The maximum Gasteiger partial charge on any atom is 0.318 e. The van der Waals surface area contributed by atoms with Crippen molar-refractivity contribution >= 4 is 11.9 Å². The third kappa shape index (κ3) is 5.78. The molecule has 1 atom stereocenters. The van der Waals surface area contributed by atoms with Crippen molar-refractivity contribution < 1.29 is 19.1 Å². The normalized spacial score (nSPS) is 11.9. The first-order valence-corrected chi connectivity index (χ1v) is 7.43. The van der Waals surface area contributed by atoms with Crippen molar-refractivity contribution in [3.8, 4) is 11.5 Å². The number of rotatable bonds is 8. The van der Waals surface area contributed by atoms with E-state index in [-0.39, 0.29) is 5.92 Å². The van der Waals surface area contributed by atoms with Crippen LogP contribution in [0.15, 0.2) is 18.2 Å². The van der Waals surface area contributed by atoms with Crippen molar-refractivity contribution in [1.82, 2.24) is 10.6 Å². The van der Waals surface area contributed by atoms with E-state index in [0.29, 0.717) is 24.5 Å². The Kier molecular flexibility index (Phi) is 7.34. The molecule has 7 nitrogen and oxygen atoms in total. The minimum Gasteiger partial charge on any atom is -0.493 e. The highest BCUT2D eigenvalue weighted by Crippen LogP contribution is 2.27. The number of benzene rings is 1. The zero-order valence-electron chi connectivity index (χ0n) is 14.0. The number of carbonyl (C=O) groups excluding carboxylic acids is 2. The molecule has 0 aromatic heterocycles. The third-order valence-corrected chi connectivity index (χ3v) is 3.42. The first-order valence-electron chi connectivity index (χ1n) is 7.43. The van der Waals surface area contributed by atoms with Gasteiger partial charge in [-0.15, -0.1) is 0 Å². The van der Waals surface area contributed by atoms with Crippen LogP contribution in [0.2, 0.25) is 0 Å². The first-order chi connectivity index (χ1) is 10.9. The summed E-state index contributed by atoms with van der Waals surface area (Å²) < 4.78 is 10.5. The van der Waals surface area contributed by atoms with Crippen molar-refractivity contribution in [1.29, 1.82) is 0 Å². The van der Waals surface area contributed by atoms with E-state index in [1.54, 1.807) is 14.2 Å². The van der Waals surface area contributed by atoms with Crippen molar-refractivity contribution in [3.63, 3.8) is 0 Å². The highest BCUT2D eigenvalue weighted by Gasteiger charge is 2.22. The SMILES string of the molecule is COc1ccc(CCN[C@H](C(=O)NC(N)=O)C(C)C)cc1OC. The van der Waals surface area contributed by atoms with Gasteiger partial charge in [0.15, 0.2) is 11.5 Å². The summed E-state index contributed by atoms with van der Waals surface area (Å²) in [5.74, 6) is 0.946. The summed E-state index contributed by atoms with van der Waals surface area (Å²) in [6.07, 6.45) is 0.702. The molecule has 0 heterocycles. The lowest BCUT2D eigenvalue weighted by molar-refractivity contribution is -0.123. The summed E-state index contributed by atoms with van der Waals surface area (Å²) in [4.78, 5) is 22.7. The van der Waals surface area contributed by atoms with E-state index < -0.39 is 18.0 Å². The molecule has 0 saturated heterocycles. The van der Waals surface area contributed by atoms with Gasteiger partial charge in [0, 0.05) is 0 Å². The minimum atomic E-state index is -0.845. The van der Waals surface area contributed by atoms with Crippen LogP contribution in [0, 0.1) is 5.92 Å². The summed E-state index contributed by atoms with van der Waals surface area (Å²) in [6, 6.07) is 4.35. The van der Waals surface area contributed by atoms with Crippen molar-refractivity contribution in [2.75, 3.05) is 20.8 Å². The Morgan fingerprint density at radius 1 is 1.17 bits per heavy atom. The standard InChI is InChI=1S/C16H25N3O4/c1-10(2)14(15(20)19-16(17)21)18-8-7-11-5-6-12(22-3)13(9-11)23-4/h5-6,9-10,14,18H,7-8H2,1-4H3,(H3,17,19,20,21)/t14-/m0/s1. The number of amides is 3. The number of nitrogens with one attached hydrogen (secondary N) is 2. The molecule has 7 heteroatoms. The van der Waals surface area contributed by atoms with Crippen LogP contribution in [-0.4, -0.2) is 38.7 Å². The van der Waals surface area contributed by atoms with Gasteiger partial charge in [-0.2, -0.15) is 0 Å². The molecule has 0 saturated carbocycles. The van der Waals surface area contributed by atoms with Gasteiger partial charge in [-0.3, -0.25) is 10.1 Å². The van der Waals surface area contributed by atoms with Gasteiger partial charge in [0.2, 0.25) is 5.91 Å². The number of primary amides is 1. The predicted molar refractivity (Wildman–Crippen MR) is 87.6 cm³/mol. The van der Waals surface area contributed by atoms with Crippen LogP contribution in [-0.2, 0) is 11.2 Å². The van der Waals surface area contributed by atoms with Crippen LogP contribution in [0.4, 0.5) is 4.79 Å². The Balaban J connectivity index is 2.63. The van der Waals surface area contributed by atoms with Gasteiger partial charge in [-0.1, -0.05) is 19.9 Å². The van der Waals surface area contributed by atoms with E-state index in [9.17, 15) is 9.59 Å². The fourth-order valence-corrected chi connectivity index (χ4v) is 2.24. The molecule has 1 rings (SSSR count). The van der Waals surface area contributed by atoms with Crippen LogP contribution in [0.5, 0.6) is 11.5 Å². The molecular weight excluding hydrogens is 298 g/mol. The van der Waals surface area contributed by atoms with Gasteiger partial charge in [0.25, 0.3) is 0 Å². The van der Waals surface area contributed by atoms with E-state index in [1.165, 1.54) is 0 Å². The molecule has 1 aromatic carbocycles. The largest absolute Gasteiger partial charge is 0.493 e. The van der Waals surface area contributed by atoms with E-state index in [4.69, 9.17) is 15.2 Å². The number of nitrogens with two attached hydrogens (primary N) is 1. The van der Waals surface area contributed by atoms with Crippen molar-refractivity contribution in [2.45, 2.75) is 26.3 Å². The zero-order chi connectivity index (χ0) is 17.4. The second kappa shape index (κ2) is 8.99. The molecule has 0 unspecified atom stereocenters. The van der Waals surface area contributed by atoms with Crippen LogP contribution in [0.25, 0.3) is 0 Å². The molecule has 0 radical (unpaired) electrons. The Bertz CT molecular complexity index is 546. The Morgan fingerprint density at radius 3 is 2.35 bits per heavy atom. The summed E-state index contributed by atoms with van der Waals surface area (Å²) >= 11 is 0. The van der Waals surface area contributed by atoms with Crippen LogP contribution in [0.3, 0.4) is 0 Å². The Labute approximate surface area is 136 Å². The molecule has 0 spiro atoms. The zero-order valence-corrected chi connectivity index (χ0v) is 14.0. The van der Waals surface area contributed by atoms with Crippen LogP contribution >= 0.6 is 0 Å². The number of carbonyl (C=O) groups is 2. The number of ether oxygens (including phenoxy) is 2. The summed E-state index contributed by atoms with van der Waals surface area (Å²) in [5.41, 5.74) is 6.03. The molecule has 0 aliphatic rings. The van der Waals surface area contributed by atoms with E-state index in [2.05, 4.69) is 10.6 Å². The molecule has 1 aromatic rings. The monoisotopic (exact) mass is 323 g/mol. The van der Waals surface area contributed by atoms with Crippen molar-refractivity contribution in [2.24, 2.45) is 11.7 Å². The second-order valence-electron chi connectivity index (χ2n) is 5.47. The molecule has 3 amide bonds. The molecule has 0 aliphatic heterocycles.